The van der Waals surface area contributed by atoms with E-state index in [1.807, 2.05) is 36.4 Å². The van der Waals surface area contributed by atoms with E-state index in [1.165, 1.54) is 0 Å². The van der Waals surface area contributed by atoms with Gasteiger partial charge in [-0.1, -0.05) is 18.2 Å². The van der Waals surface area contributed by atoms with Crippen LogP contribution in [0.2, 0.25) is 0 Å². The van der Waals surface area contributed by atoms with Crippen LogP contribution in [0.1, 0.15) is 22.3 Å². The lowest BCUT2D eigenvalue weighted by atomic mass is 10.1. The van der Waals surface area contributed by atoms with E-state index in [9.17, 15) is 4.79 Å². The Morgan fingerprint density at radius 1 is 1.19 bits per heavy atom. The second-order valence-electron chi connectivity index (χ2n) is 4.78. The molecule has 0 bridgehead atoms. The molecule has 0 heterocycles. The van der Waals surface area contributed by atoms with Crippen molar-refractivity contribution in [2.75, 3.05) is 18.5 Å². The van der Waals surface area contributed by atoms with Gasteiger partial charge in [-0.3, -0.25) is 0 Å². The summed E-state index contributed by atoms with van der Waals surface area (Å²) in [6.07, 6.45) is 0.870. The maximum Gasteiger partial charge on any atom is 0.335 e. The number of rotatable bonds is 7. The molecule has 2 rings (SSSR count). The maximum absolute atomic E-state index is 10.9. The van der Waals surface area contributed by atoms with Crippen LogP contribution in [0.15, 0.2) is 48.5 Å². The van der Waals surface area contributed by atoms with Crippen LogP contribution < -0.4 is 10.1 Å². The number of hydrogen-bond acceptors (Lipinski definition) is 3. The lowest BCUT2D eigenvalue weighted by Crippen LogP contribution is -2.08. The van der Waals surface area contributed by atoms with Crippen molar-refractivity contribution < 1.29 is 14.6 Å². The third-order valence-electron chi connectivity index (χ3n) is 3.12. The molecule has 110 valence electrons. The summed E-state index contributed by atoms with van der Waals surface area (Å²) in [6, 6.07) is 15.0. The molecule has 2 N–H and O–H groups in total. The van der Waals surface area contributed by atoms with Crippen LogP contribution in [0.4, 0.5) is 5.69 Å². The van der Waals surface area contributed by atoms with Crippen LogP contribution in [0.5, 0.6) is 5.75 Å². The van der Waals surface area contributed by atoms with Crippen molar-refractivity contribution in [2.45, 2.75) is 13.3 Å². The van der Waals surface area contributed by atoms with Crippen LogP contribution in [-0.2, 0) is 0 Å². The number of carboxylic acids is 1. The SMILES string of the molecule is Cc1cc(NCCCOc2ccccc2)ccc1C(=O)O. The molecular formula is C17H19NO3. The minimum atomic E-state index is -0.893. The highest BCUT2D eigenvalue weighted by molar-refractivity contribution is 5.89. The number of ether oxygens (including phenoxy) is 1. The Kier molecular flexibility index (Phi) is 5.21. The quantitative estimate of drug-likeness (QED) is 0.763. The van der Waals surface area contributed by atoms with E-state index in [2.05, 4.69) is 5.32 Å². The summed E-state index contributed by atoms with van der Waals surface area (Å²) < 4.78 is 5.60. The third kappa shape index (κ3) is 4.53. The van der Waals surface area contributed by atoms with Gasteiger partial charge in [-0.2, -0.15) is 0 Å². The van der Waals surface area contributed by atoms with E-state index in [0.717, 1.165) is 30.0 Å². The van der Waals surface area contributed by atoms with E-state index in [1.54, 1.807) is 19.1 Å². The summed E-state index contributed by atoms with van der Waals surface area (Å²) in [5.41, 5.74) is 2.03. The van der Waals surface area contributed by atoms with Gasteiger partial charge < -0.3 is 15.2 Å². The fourth-order valence-electron chi connectivity index (χ4n) is 2.03. The van der Waals surface area contributed by atoms with Crippen molar-refractivity contribution in [1.29, 1.82) is 0 Å². The van der Waals surface area contributed by atoms with Crippen LogP contribution in [0.3, 0.4) is 0 Å². The molecule has 0 saturated heterocycles. The van der Waals surface area contributed by atoms with Crippen LogP contribution in [-0.4, -0.2) is 24.2 Å². The second kappa shape index (κ2) is 7.33. The molecular weight excluding hydrogens is 266 g/mol. The highest BCUT2D eigenvalue weighted by Crippen LogP contribution is 2.15. The van der Waals surface area contributed by atoms with Gasteiger partial charge in [-0.15, -0.1) is 0 Å². The van der Waals surface area contributed by atoms with E-state index < -0.39 is 5.97 Å². The van der Waals surface area contributed by atoms with Gasteiger partial charge in [0.25, 0.3) is 0 Å². The van der Waals surface area contributed by atoms with Gasteiger partial charge >= 0.3 is 5.97 Å². The molecule has 0 atom stereocenters. The number of benzene rings is 2. The van der Waals surface area contributed by atoms with Gasteiger partial charge in [0.2, 0.25) is 0 Å². The molecule has 21 heavy (non-hydrogen) atoms. The summed E-state index contributed by atoms with van der Waals surface area (Å²) in [6.45, 7) is 3.22. The van der Waals surface area contributed by atoms with Crippen molar-refractivity contribution in [3.8, 4) is 5.75 Å². The Hall–Kier alpha value is -2.49. The van der Waals surface area contributed by atoms with E-state index in [4.69, 9.17) is 9.84 Å². The predicted octanol–water partition coefficient (Wildman–Crippen LogP) is 3.57. The fraction of sp³-hybridized carbons (Fsp3) is 0.235. The minimum absolute atomic E-state index is 0.341. The monoisotopic (exact) mass is 285 g/mol. The largest absolute Gasteiger partial charge is 0.494 e. The summed E-state index contributed by atoms with van der Waals surface area (Å²) in [4.78, 5) is 10.9. The summed E-state index contributed by atoms with van der Waals surface area (Å²) in [5.74, 6) is -0.0190. The molecule has 2 aromatic rings. The zero-order valence-electron chi connectivity index (χ0n) is 12.0. The number of nitrogens with one attached hydrogen (secondary N) is 1. The number of carboxylic acid groups (broad SMARTS) is 1. The molecule has 0 amide bonds. The highest BCUT2D eigenvalue weighted by Gasteiger charge is 2.06. The molecule has 0 aromatic heterocycles. The standard InChI is InChI=1S/C17H19NO3/c1-13-12-14(8-9-16(13)17(19)20)18-10-5-11-21-15-6-3-2-4-7-15/h2-4,6-9,12,18H,5,10-11H2,1H3,(H,19,20). The van der Waals surface area contributed by atoms with Gasteiger partial charge in [0.15, 0.2) is 0 Å². The molecule has 0 saturated carbocycles. The van der Waals surface area contributed by atoms with Crippen molar-refractivity contribution in [3.63, 3.8) is 0 Å². The van der Waals surface area contributed by atoms with Gasteiger partial charge in [-0.25, -0.2) is 4.79 Å². The molecule has 4 nitrogen and oxygen atoms in total. The molecule has 0 aliphatic rings. The predicted molar refractivity (Wildman–Crippen MR) is 83.2 cm³/mol. The Morgan fingerprint density at radius 2 is 1.95 bits per heavy atom. The Morgan fingerprint density at radius 3 is 2.62 bits per heavy atom. The van der Waals surface area contributed by atoms with E-state index in [-0.39, 0.29) is 0 Å². The first-order valence-corrected chi connectivity index (χ1v) is 6.92. The summed E-state index contributed by atoms with van der Waals surface area (Å²) in [7, 11) is 0. The van der Waals surface area contributed by atoms with Crippen LogP contribution in [0.25, 0.3) is 0 Å². The molecule has 0 unspecified atom stereocenters. The molecule has 2 aromatic carbocycles. The normalized spacial score (nSPS) is 10.1. The molecule has 0 spiro atoms. The van der Waals surface area contributed by atoms with E-state index >= 15 is 0 Å². The number of carbonyl (C=O) groups is 1. The molecule has 0 aliphatic heterocycles. The molecule has 0 aliphatic carbocycles. The summed E-state index contributed by atoms with van der Waals surface area (Å²) in [5, 5.41) is 12.2. The molecule has 0 fully saturated rings. The first kappa shape index (κ1) is 14.9. The van der Waals surface area contributed by atoms with Gasteiger partial charge in [0.05, 0.1) is 12.2 Å². The second-order valence-corrected chi connectivity index (χ2v) is 4.78. The lowest BCUT2D eigenvalue weighted by Gasteiger charge is -2.09. The Bertz CT molecular complexity index is 596. The van der Waals surface area contributed by atoms with Crippen LogP contribution >= 0.6 is 0 Å². The van der Waals surface area contributed by atoms with Crippen molar-refractivity contribution >= 4 is 11.7 Å². The first-order chi connectivity index (χ1) is 10.2. The number of aromatic carboxylic acids is 1. The smallest absolute Gasteiger partial charge is 0.335 e. The first-order valence-electron chi connectivity index (χ1n) is 6.92. The van der Waals surface area contributed by atoms with E-state index in [0.29, 0.717) is 12.2 Å². The zero-order valence-corrected chi connectivity index (χ0v) is 12.0. The summed E-state index contributed by atoms with van der Waals surface area (Å²) >= 11 is 0. The molecule has 4 heteroatoms. The Balaban J connectivity index is 1.74. The lowest BCUT2D eigenvalue weighted by molar-refractivity contribution is 0.0696. The highest BCUT2D eigenvalue weighted by atomic mass is 16.5. The average Bonchev–Trinajstić information content (AvgIpc) is 2.47. The average molecular weight is 285 g/mol. The maximum atomic E-state index is 10.9. The number of para-hydroxylation sites is 1. The zero-order chi connectivity index (χ0) is 15.1. The van der Waals surface area contributed by atoms with Crippen molar-refractivity contribution in [2.24, 2.45) is 0 Å². The minimum Gasteiger partial charge on any atom is -0.494 e. The third-order valence-corrected chi connectivity index (χ3v) is 3.12. The van der Waals surface area contributed by atoms with Crippen LogP contribution in [0, 0.1) is 6.92 Å². The topological polar surface area (TPSA) is 58.6 Å². The fourth-order valence-corrected chi connectivity index (χ4v) is 2.03. The Labute approximate surface area is 124 Å². The van der Waals surface area contributed by atoms with Crippen molar-refractivity contribution in [1.82, 2.24) is 0 Å². The van der Waals surface area contributed by atoms with Gasteiger partial charge in [-0.05, 0) is 49.2 Å². The van der Waals surface area contributed by atoms with Crippen molar-refractivity contribution in [3.05, 3.63) is 59.7 Å². The van der Waals surface area contributed by atoms with Gasteiger partial charge in [0, 0.05) is 12.2 Å². The van der Waals surface area contributed by atoms with Gasteiger partial charge in [0.1, 0.15) is 5.75 Å². The molecule has 0 radical (unpaired) electrons. The number of aryl methyl sites for hydroxylation is 1. The number of anilines is 1. The number of hydrogen-bond donors (Lipinski definition) is 2.